The lowest BCUT2D eigenvalue weighted by atomic mass is 10.2. The van der Waals surface area contributed by atoms with Gasteiger partial charge in [0.25, 0.3) is 0 Å². The highest BCUT2D eigenvalue weighted by molar-refractivity contribution is 9.10. The molecule has 0 aromatic carbocycles. The van der Waals surface area contributed by atoms with E-state index in [1.54, 1.807) is 11.3 Å². The van der Waals surface area contributed by atoms with E-state index >= 15 is 0 Å². The molecule has 0 aliphatic heterocycles. The second kappa shape index (κ2) is 6.71. The van der Waals surface area contributed by atoms with Crippen molar-refractivity contribution in [2.24, 2.45) is 0 Å². The first kappa shape index (κ1) is 14.1. The molecule has 0 spiro atoms. The van der Waals surface area contributed by atoms with E-state index in [-0.39, 0.29) is 12.1 Å². The predicted molar refractivity (Wildman–Crippen MR) is 73.0 cm³/mol. The molecule has 1 aromatic rings. The third-order valence-electron chi connectivity index (χ3n) is 2.27. The molecule has 0 aliphatic carbocycles. The van der Waals surface area contributed by atoms with Gasteiger partial charge in [-0.2, -0.15) is 0 Å². The lowest BCUT2D eigenvalue weighted by molar-refractivity contribution is 0.132. The molecule has 5 heteroatoms. The molecule has 0 saturated heterocycles. The van der Waals surface area contributed by atoms with Gasteiger partial charge in [0.2, 0.25) is 0 Å². The van der Waals surface area contributed by atoms with E-state index in [2.05, 4.69) is 39.6 Å². The highest BCUT2D eigenvalue weighted by Crippen LogP contribution is 2.28. The van der Waals surface area contributed by atoms with Gasteiger partial charge in [0.05, 0.1) is 6.10 Å². The lowest BCUT2D eigenvalue weighted by Crippen LogP contribution is -2.35. The predicted octanol–water partition coefficient (Wildman–Crippen LogP) is 2.08. The summed E-state index contributed by atoms with van der Waals surface area (Å²) in [6.07, 6.45) is -0.323. The molecule has 0 aliphatic rings. The van der Waals surface area contributed by atoms with E-state index in [0.29, 0.717) is 13.1 Å². The average Bonchev–Trinajstić information content (AvgIpc) is 2.60. The second-order valence-electron chi connectivity index (χ2n) is 4.18. The smallest absolute Gasteiger partial charge is 0.0791 e. The van der Waals surface area contributed by atoms with Crippen molar-refractivity contribution in [1.29, 1.82) is 0 Å². The van der Waals surface area contributed by atoms with E-state index in [1.165, 1.54) is 4.88 Å². The molecule has 16 heavy (non-hydrogen) atoms. The molecule has 0 saturated carbocycles. The van der Waals surface area contributed by atoms with Crippen LogP contribution in [0.2, 0.25) is 0 Å². The van der Waals surface area contributed by atoms with Crippen molar-refractivity contribution in [2.45, 2.75) is 19.1 Å². The van der Waals surface area contributed by atoms with Crippen molar-refractivity contribution in [3.05, 3.63) is 20.8 Å². The van der Waals surface area contributed by atoms with Gasteiger partial charge >= 0.3 is 0 Å². The second-order valence-corrected chi connectivity index (χ2v) is 5.98. The van der Waals surface area contributed by atoms with Gasteiger partial charge in [-0.1, -0.05) is 0 Å². The molecule has 92 valence electrons. The quantitative estimate of drug-likeness (QED) is 0.845. The zero-order valence-corrected chi connectivity index (χ0v) is 12.3. The summed E-state index contributed by atoms with van der Waals surface area (Å²) in [4.78, 5) is 3.26. The summed E-state index contributed by atoms with van der Waals surface area (Å²) in [5, 5.41) is 15.1. The summed E-state index contributed by atoms with van der Waals surface area (Å²) < 4.78 is 1.14. The highest BCUT2D eigenvalue weighted by atomic mass is 79.9. The maximum absolute atomic E-state index is 9.72. The van der Waals surface area contributed by atoms with Crippen LogP contribution >= 0.6 is 27.3 Å². The van der Waals surface area contributed by atoms with Crippen LogP contribution in [0, 0.1) is 0 Å². The number of nitrogens with zero attached hydrogens (tertiary/aromatic N) is 1. The zero-order valence-electron chi connectivity index (χ0n) is 9.90. The molecule has 0 fully saturated rings. The fourth-order valence-electron chi connectivity index (χ4n) is 1.51. The van der Waals surface area contributed by atoms with Gasteiger partial charge in [0, 0.05) is 28.5 Å². The molecule has 3 nitrogen and oxygen atoms in total. The minimum atomic E-state index is -0.323. The van der Waals surface area contributed by atoms with Gasteiger partial charge in [-0.05, 0) is 48.4 Å². The summed E-state index contributed by atoms with van der Waals surface area (Å²) in [5.74, 6) is 0. The van der Waals surface area contributed by atoms with Crippen LogP contribution in [0.25, 0.3) is 0 Å². The fourth-order valence-corrected chi connectivity index (χ4v) is 3.26. The van der Waals surface area contributed by atoms with Gasteiger partial charge in [0.15, 0.2) is 0 Å². The first-order valence-electron chi connectivity index (χ1n) is 5.29. The van der Waals surface area contributed by atoms with E-state index < -0.39 is 0 Å². The van der Waals surface area contributed by atoms with Gasteiger partial charge in [-0.3, -0.25) is 0 Å². The molecule has 1 aromatic heterocycles. The van der Waals surface area contributed by atoms with Crippen LogP contribution in [0.15, 0.2) is 15.9 Å². The number of rotatable bonds is 6. The summed E-state index contributed by atoms with van der Waals surface area (Å²) in [7, 11) is 3.92. The Kier molecular flexibility index (Phi) is 5.92. The van der Waals surface area contributed by atoms with Gasteiger partial charge in [-0.15, -0.1) is 11.3 Å². The molecule has 0 amide bonds. The molecule has 1 heterocycles. The van der Waals surface area contributed by atoms with Crippen LogP contribution in [-0.4, -0.2) is 43.3 Å². The van der Waals surface area contributed by atoms with Crippen LogP contribution in [0.4, 0.5) is 0 Å². The summed E-state index contributed by atoms with van der Waals surface area (Å²) in [5.41, 5.74) is 0. The minimum Gasteiger partial charge on any atom is -0.390 e. The van der Waals surface area contributed by atoms with Crippen LogP contribution in [0.1, 0.15) is 17.8 Å². The van der Waals surface area contributed by atoms with Gasteiger partial charge < -0.3 is 15.3 Å². The van der Waals surface area contributed by atoms with Crippen molar-refractivity contribution in [1.82, 2.24) is 10.2 Å². The molecular formula is C11H19BrN2OS. The van der Waals surface area contributed by atoms with Crippen LogP contribution in [0.5, 0.6) is 0 Å². The topological polar surface area (TPSA) is 35.5 Å². The molecular weight excluding hydrogens is 288 g/mol. The number of nitrogens with one attached hydrogen (secondary N) is 1. The Labute approximate surface area is 110 Å². The monoisotopic (exact) mass is 306 g/mol. The van der Waals surface area contributed by atoms with E-state index in [9.17, 15) is 5.11 Å². The molecule has 2 N–H and O–H groups in total. The number of aliphatic hydroxyl groups excluding tert-OH is 1. The SMILES string of the molecule is CC(NCC(O)CN(C)C)c1sccc1Br. The van der Waals surface area contributed by atoms with Crippen LogP contribution in [-0.2, 0) is 0 Å². The Hall–Kier alpha value is 0.0600. The normalized spacial score (nSPS) is 15.4. The van der Waals surface area contributed by atoms with E-state index in [0.717, 1.165) is 4.47 Å². The van der Waals surface area contributed by atoms with Gasteiger partial charge in [0.1, 0.15) is 0 Å². The largest absolute Gasteiger partial charge is 0.390 e. The highest BCUT2D eigenvalue weighted by Gasteiger charge is 2.12. The lowest BCUT2D eigenvalue weighted by Gasteiger charge is -2.19. The molecule has 0 radical (unpaired) electrons. The Morgan fingerprint density at radius 1 is 1.56 bits per heavy atom. The van der Waals surface area contributed by atoms with Crippen LogP contribution in [0.3, 0.4) is 0 Å². The fraction of sp³-hybridized carbons (Fsp3) is 0.636. The number of halogens is 1. The molecule has 2 unspecified atom stereocenters. The van der Waals surface area contributed by atoms with Crippen LogP contribution < -0.4 is 5.32 Å². The Morgan fingerprint density at radius 2 is 2.25 bits per heavy atom. The number of hydrogen-bond donors (Lipinski definition) is 2. The van der Waals surface area contributed by atoms with Gasteiger partial charge in [-0.25, -0.2) is 0 Å². The van der Waals surface area contributed by atoms with Crippen molar-refractivity contribution < 1.29 is 5.11 Å². The number of aliphatic hydroxyl groups is 1. The molecule has 1 rings (SSSR count). The third-order valence-corrected chi connectivity index (χ3v) is 4.33. The minimum absolute atomic E-state index is 0.270. The summed E-state index contributed by atoms with van der Waals surface area (Å²) in [6, 6.07) is 2.32. The zero-order chi connectivity index (χ0) is 12.1. The third kappa shape index (κ3) is 4.51. The molecule has 2 atom stereocenters. The van der Waals surface area contributed by atoms with Crippen molar-refractivity contribution in [3.8, 4) is 0 Å². The average molecular weight is 307 g/mol. The standard InChI is InChI=1S/C11H19BrN2OS/c1-8(11-10(12)4-5-16-11)13-6-9(15)7-14(2)3/h4-5,8-9,13,15H,6-7H2,1-3H3. The Morgan fingerprint density at radius 3 is 2.75 bits per heavy atom. The maximum atomic E-state index is 9.72. The van der Waals surface area contributed by atoms with Crippen molar-refractivity contribution >= 4 is 27.3 Å². The van der Waals surface area contributed by atoms with Crippen molar-refractivity contribution in [3.63, 3.8) is 0 Å². The Bertz CT molecular complexity index is 317. The number of hydrogen-bond acceptors (Lipinski definition) is 4. The van der Waals surface area contributed by atoms with E-state index in [1.807, 2.05) is 19.0 Å². The van der Waals surface area contributed by atoms with E-state index in [4.69, 9.17) is 0 Å². The first-order chi connectivity index (χ1) is 7.50. The number of likely N-dealkylation sites (N-methyl/N-ethyl adjacent to an activating group) is 1. The number of thiophene rings is 1. The summed E-state index contributed by atoms with van der Waals surface area (Å²) >= 11 is 5.24. The summed E-state index contributed by atoms with van der Waals surface area (Å²) in [6.45, 7) is 3.41. The Balaban J connectivity index is 2.35. The maximum Gasteiger partial charge on any atom is 0.0791 e. The molecule has 0 bridgehead atoms. The van der Waals surface area contributed by atoms with Crippen molar-refractivity contribution in [2.75, 3.05) is 27.2 Å². The first-order valence-corrected chi connectivity index (χ1v) is 6.97.